The Hall–Kier alpha value is -7.48. The summed E-state index contributed by atoms with van der Waals surface area (Å²) < 4.78 is 61.1. The normalized spacial score (nSPS) is 20.7. The van der Waals surface area contributed by atoms with Gasteiger partial charge in [0.15, 0.2) is 5.79 Å². The summed E-state index contributed by atoms with van der Waals surface area (Å²) in [5.74, 6) is -3.94. The zero-order valence-corrected chi connectivity index (χ0v) is 40.2. The number of alkyl carbamates (subject to hydrolysis) is 2. The lowest BCUT2D eigenvalue weighted by atomic mass is 9.91. The molecule has 4 N–H and O–H groups in total. The number of nitrogens with zero attached hydrogens (tertiary/aromatic N) is 4. The number of benzene rings is 4. The maximum atomic E-state index is 16.8. The van der Waals surface area contributed by atoms with Crippen LogP contribution in [0, 0.1) is 5.92 Å². The van der Waals surface area contributed by atoms with Gasteiger partial charge in [0.05, 0.1) is 62.9 Å². The van der Waals surface area contributed by atoms with Gasteiger partial charge in [-0.3, -0.25) is 9.59 Å². The summed E-state index contributed by atoms with van der Waals surface area (Å²) in [7, 11) is 2.50. The zero-order chi connectivity index (χ0) is 50.4. The van der Waals surface area contributed by atoms with Gasteiger partial charge >= 0.3 is 12.2 Å². The molecule has 2 aromatic heterocycles. The zero-order valence-electron chi connectivity index (χ0n) is 40.2. The number of hydrogen-bond acceptors (Lipinski definition) is 11. The number of fused-ring (bicyclic) bond motifs is 4. The van der Waals surface area contributed by atoms with Gasteiger partial charge < -0.3 is 54.1 Å². The lowest BCUT2D eigenvalue weighted by Gasteiger charge is -2.35. The minimum absolute atomic E-state index is 0.0942. The van der Waals surface area contributed by atoms with Crippen molar-refractivity contribution in [2.24, 2.45) is 5.92 Å². The maximum absolute atomic E-state index is 16.8. The van der Waals surface area contributed by atoms with E-state index in [-0.39, 0.29) is 35.9 Å². The Morgan fingerprint density at radius 2 is 1.48 bits per heavy atom. The molecule has 73 heavy (non-hydrogen) atoms. The smallest absolute Gasteiger partial charge is 0.407 e. The molecule has 0 bridgehead atoms. The summed E-state index contributed by atoms with van der Waals surface area (Å²) in [6.07, 6.45) is 6.90. The highest BCUT2D eigenvalue weighted by Crippen LogP contribution is 2.53. The number of halogens is 2. The summed E-state index contributed by atoms with van der Waals surface area (Å²) in [6.45, 7) is 2.41. The third-order valence-corrected chi connectivity index (χ3v) is 14.7. The highest BCUT2D eigenvalue weighted by Gasteiger charge is 2.53. The first-order valence-electron chi connectivity index (χ1n) is 24.5. The number of amides is 4. The second-order valence-electron chi connectivity index (χ2n) is 19.1. The number of nitrogens with one attached hydrogen (secondary N) is 4. The standard InChI is InChI=1S/C54H54F2N8O9/c1-69-51(67)61-42(24-31-17-20-71-21-18-31)49(65)63-19-7-6-10-44(63)47-57-29-43(60-47)35-12-15-37-36-14-11-33(25-38(36)54(55,56)39(37)26-35)34-13-16-40-41(27-34)59-48(58-40)45-28-53(72-22-23-73-53)30-64(45)50(66)46(62-52(68)70-2)32-8-4-3-5-9-32/h3-6,8-16,25-27,29,31,42,44-46H,7,17-24,28,30H2,1-2H3,(H,57,60)(H,58,59)(H,61,67)(H,62,68)/t42-,44-,45?,46+/m0/s1. The van der Waals surface area contributed by atoms with E-state index in [1.54, 1.807) is 58.5 Å². The number of H-pyrrole nitrogens is 2. The summed E-state index contributed by atoms with van der Waals surface area (Å²) in [5.41, 5.74) is 4.64. The molecule has 1 spiro atoms. The number of hydrogen-bond donors (Lipinski definition) is 4. The molecular formula is C54H54F2N8O9. The second kappa shape index (κ2) is 19.5. The average Bonchev–Trinajstić information content (AvgIpc) is 4.29. The van der Waals surface area contributed by atoms with Gasteiger partial charge in [-0.05, 0) is 83.7 Å². The van der Waals surface area contributed by atoms with Crippen LogP contribution in [-0.4, -0.2) is 119 Å². The van der Waals surface area contributed by atoms with Crippen molar-refractivity contribution in [3.63, 3.8) is 0 Å². The van der Waals surface area contributed by atoms with Crippen molar-refractivity contribution in [2.75, 3.05) is 53.7 Å². The van der Waals surface area contributed by atoms with Crippen LogP contribution in [0.4, 0.5) is 18.4 Å². The monoisotopic (exact) mass is 996 g/mol. The quantitative estimate of drug-likeness (QED) is 0.0911. The van der Waals surface area contributed by atoms with Crippen LogP contribution in [0.1, 0.15) is 78.6 Å². The van der Waals surface area contributed by atoms with Crippen LogP contribution in [0.15, 0.2) is 103 Å². The molecular weight excluding hydrogens is 943 g/mol. The fraction of sp³-hybridized carbons (Fsp3) is 0.370. The van der Waals surface area contributed by atoms with Gasteiger partial charge in [0.25, 0.3) is 11.8 Å². The van der Waals surface area contributed by atoms with Crippen molar-refractivity contribution in [2.45, 2.75) is 68.0 Å². The van der Waals surface area contributed by atoms with E-state index in [0.717, 1.165) is 12.8 Å². The van der Waals surface area contributed by atoms with E-state index in [1.165, 1.54) is 26.4 Å². The first kappa shape index (κ1) is 47.8. The van der Waals surface area contributed by atoms with Crippen LogP contribution in [0.2, 0.25) is 0 Å². The van der Waals surface area contributed by atoms with E-state index in [9.17, 15) is 19.2 Å². The Kier molecular flexibility index (Phi) is 12.8. The number of aromatic nitrogens is 4. The van der Waals surface area contributed by atoms with Crippen molar-refractivity contribution in [1.82, 2.24) is 40.4 Å². The summed E-state index contributed by atoms with van der Waals surface area (Å²) in [4.78, 5) is 73.2. The maximum Gasteiger partial charge on any atom is 0.407 e. The molecule has 5 aliphatic rings. The number of rotatable bonds is 11. The molecule has 4 aromatic carbocycles. The molecule has 17 nitrogen and oxygen atoms in total. The van der Waals surface area contributed by atoms with Crippen molar-refractivity contribution < 1.29 is 51.6 Å². The van der Waals surface area contributed by atoms with E-state index < -0.39 is 54.0 Å². The molecule has 11 rings (SSSR count). The molecule has 4 aliphatic heterocycles. The topological polar surface area (TPSA) is 202 Å². The highest BCUT2D eigenvalue weighted by atomic mass is 19.3. The lowest BCUT2D eigenvalue weighted by molar-refractivity contribution is -0.153. The predicted molar refractivity (Wildman–Crippen MR) is 262 cm³/mol. The molecule has 0 saturated carbocycles. The largest absolute Gasteiger partial charge is 0.453 e. The first-order chi connectivity index (χ1) is 35.4. The fourth-order valence-corrected chi connectivity index (χ4v) is 11.0. The highest BCUT2D eigenvalue weighted by molar-refractivity contribution is 5.89. The molecule has 0 radical (unpaired) electrons. The minimum atomic E-state index is -3.34. The Labute approximate surface area is 418 Å². The SMILES string of the molecule is COC(=O)N[C@@H](CC1CCOCC1)C(=O)N1CCC=C[C@H]1c1ncc(-c2ccc3c(c2)C(F)(F)c2cc(-c4ccc5nc(C6CC7(CN6C(=O)[C@H](NC(=O)OC)c6ccccc6)OCCO7)[nH]c5c4)ccc2-3)[nH]1. The molecule has 6 heterocycles. The lowest BCUT2D eigenvalue weighted by Crippen LogP contribution is -2.51. The van der Waals surface area contributed by atoms with Crippen LogP contribution in [0.3, 0.4) is 0 Å². The Balaban J connectivity index is 0.835. The van der Waals surface area contributed by atoms with Gasteiger partial charge in [-0.2, -0.15) is 8.78 Å². The van der Waals surface area contributed by atoms with Crippen molar-refractivity contribution in [1.29, 1.82) is 0 Å². The molecule has 4 amide bonds. The fourth-order valence-electron chi connectivity index (χ4n) is 11.0. The second-order valence-corrected chi connectivity index (χ2v) is 19.1. The number of ether oxygens (including phenoxy) is 5. The van der Waals surface area contributed by atoms with Gasteiger partial charge in [-0.15, -0.1) is 0 Å². The van der Waals surface area contributed by atoms with Crippen LogP contribution in [0.5, 0.6) is 0 Å². The van der Waals surface area contributed by atoms with Crippen LogP contribution < -0.4 is 10.6 Å². The summed E-state index contributed by atoms with van der Waals surface area (Å²) in [5, 5.41) is 5.44. The van der Waals surface area contributed by atoms with E-state index in [2.05, 4.69) is 25.6 Å². The molecule has 6 aromatic rings. The van der Waals surface area contributed by atoms with Crippen LogP contribution >= 0.6 is 0 Å². The average molecular weight is 997 g/mol. The van der Waals surface area contributed by atoms with Crippen molar-refractivity contribution >= 4 is 35.0 Å². The molecule has 3 fully saturated rings. The van der Waals surface area contributed by atoms with Crippen molar-refractivity contribution in [3.05, 3.63) is 132 Å². The number of methoxy groups -OCH3 is 2. The molecule has 3 saturated heterocycles. The van der Waals surface area contributed by atoms with Gasteiger partial charge in [0, 0.05) is 42.9 Å². The van der Waals surface area contributed by atoms with Gasteiger partial charge in [-0.1, -0.05) is 72.8 Å². The first-order valence-corrected chi connectivity index (χ1v) is 24.5. The molecule has 378 valence electrons. The molecule has 4 atom stereocenters. The number of aromatic amines is 2. The van der Waals surface area contributed by atoms with Crippen molar-refractivity contribution in [3.8, 4) is 33.5 Å². The van der Waals surface area contributed by atoms with Gasteiger partial charge in [0.1, 0.15) is 29.8 Å². The molecule has 1 aliphatic carbocycles. The van der Waals surface area contributed by atoms with Gasteiger partial charge in [-0.25, -0.2) is 19.6 Å². The Morgan fingerprint density at radius 1 is 0.795 bits per heavy atom. The Morgan fingerprint density at radius 3 is 2.22 bits per heavy atom. The number of carbonyl (C=O) groups is 4. The van der Waals surface area contributed by atoms with Crippen LogP contribution in [0.25, 0.3) is 44.5 Å². The summed E-state index contributed by atoms with van der Waals surface area (Å²) >= 11 is 0. The van der Waals surface area contributed by atoms with E-state index in [1.807, 2.05) is 42.5 Å². The number of carbonyl (C=O) groups excluding carboxylic acids is 4. The summed E-state index contributed by atoms with van der Waals surface area (Å²) in [6, 6.07) is 21.3. The van der Waals surface area contributed by atoms with Gasteiger partial charge in [0.2, 0.25) is 5.91 Å². The van der Waals surface area contributed by atoms with E-state index >= 15 is 8.78 Å². The van der Waals surface area contributed by atoms with E-state index in [4.69, 9.17) is 28.7 Å². The third-order valence-electron chi connectivity index (χ3n) is 14.7. The molecule has 19 heteroatoms. The number of alkyl halides is 2. The number of likely N-dealkylation sites (tertiary alicyclic amines) is 1. The number of imidazole rings is 2. The minimum Gasteiger partial charge on any atom is -0.453 e. The van der Waals surface area contributed by atoms with Crippen LogP contribution in [-0.2, 0) is 39.2 Å². The third kappa shape index (κ3) is 9.09. The van der Waals surface area contributed by atoms with E-state index in [0.29, 0.717) is 108 Å². The molecule has 1 unspecified atom stereocenters. The Bertz CT molecular complexity index is 3110. The predicted octanol–water partition coefficient (Wildman–Crippen LogP) is 8.23.